The van der Waals surface area contributed by atoms with E-state index in [0.717, 1.165) is 14.8 Å². The second-order valence-electron chi connectivity index (χ2n) is 3.77. The van der Waals surface area contributed by atoms with E-state index in [9.17, 15) is 4.39 Å². The minimum atomic E-state index is -0.241. The lowest BCUT2D eigenvalue weighted by atomic mass is 10.1. The second kappa shape index (κ2) is 5.94. The van der Waals surface area contributed by atoms with Crippen LogP contribution in [-0.2, 0) is 0 Å². The molecule has 1 N–H and O–H groups in total. The third-order valence-corrected chi connectivity index (χ3v) is 4.86. The van der Waals surface area contributed by atoms with Crippen molar-refractivity contribution in [2.45, 2.75) is 13.0 Å². The Balaban J connectivity index is 2.21. The van der Waals surface area contributed by atoms with Crippen LogP contribution < -0.4 is 5.32 Å². The Bertz CT molecular complexity index is 573. The summed E-state index contributed by atoms with van der Waals surface area (Å²) in [6.07, 6.45) is 0. The zero-order valence-corrected chi connectivity index (χ0v) is 13.8. The molecular weight excluding hydrogens is 407 g/mol. The first-order valence-corrected chi connectivity index (χ1v) is 7.79. The van der Waals surface area contributed by atoms with E-state index < -0.39 is 0 Å². The van der Waals surface area contributed by atoms with Gasteiger partial charge in [-0.2, -0.15) is 0 Å². The smallest absolute Gasteiger partial charge is 0.124 e. The highest BCUT2D eigenvalue weighted by molar-refractivity contribution is 14.1. The largest absolute Gasteiger partial charge is 0.378 e. The molecule has 0 fully saturated rings. The minimum Gasteiger partial charge on any atom is -0.378 e. The van der Waals surface area contributed by atoms with Gasteiger partial charge in [-0.05, 0) is 53.8 Å². The Labute approximate surface area is 132 Å². The van der Waals surface area contributed by atoms with Crippen molar-refractivity contribution < 1.29 is 4.39 Å². The highest BCUT2D eigenvalue weighted by Crippen LogP contribution is 2.36. The van der Waals surface area contributed by atoms with Crippen molar-refractivity contribution in [2.75, 3.05) is 5.32 Å². The maximum absolute atomic E-state index is 13.0. The predicted octanol–water partition coefficient (Wildman–Crippen LogP) is 5.97. The number of hydrogen-bond donors (Lipinski definition) is 1. The van der Waals surface area contributed by atoms with Crippen molar-refractivity contribution in [2.24, 2.45) is 0 Å². The SMILES string of the molecule is CC(Nc1ccc(F)cc1I)c1cc(Cl)sc1Cl. The molecule has 1 aromatic carbocycles. The highest BCUT2D eigenvalue weighted by Gasteiger charge is 2.14. The minimum absolute atomic E-state index is 0.0141. The van der Waals surface area contributed by atoms with E-state index in [1.807, 2.05) is 13.0 Å². The molecule has 0 aliphatic carbocycles. The molecule has 1 atom stereocenters. The van der Waals surface area contributed by atoms with Gasteiger partial charge in [0.1, 0.15) is 5.82 Å². The molecule has 0 amide bonds. The molecule has 18 heavy (non-hydrogen) atoms. The van der Waals surface area contributed by atoms with Gasteiger partial charge in [0.2, 0.25) is 0 Å². The second-order valence-corrected chi connectivity index (χ2v) is 7.22. The first-order chi connectivity index (χ1) is 8.47. The van der Waals surface area contributed by atoms with Crippen LogP contribution in [0.2, 0.25) is 8.67 Å². The van der Waals surface area contributed by atoms with E-state index in [2.05, 4.69) is 27.9 Å². The van der Waals surface area contributed by atoms with Gasteiger partial charge >= 0.3 is 0 Å². The quantitative estimate of drug-likeness (QED) is 0.608. The summed E-state index contributed by atoms with van der Waals surface area (Å²) in [7, 11) is 0. The van der Waals surface area contributed by atoms with Gasteiger partial charge in [-0.1, -0.05) is 23.2 Å². The zero-order valence-electron chi connectivity index (χ0n) is 9.31. The number of halogens is 4. The molecule has 1 unspecified atom stereocenters. The molecule has 96 valence electrons. The Morgan fingerprint density at radius 3 is 2.61 bits per heavy atom. The van der Waals surface area contributed by atoms with Crippen molar-refractivity contribution in [3.05, 3.63) is 47.9 Å². The summed E-state index contributed by atoms with van der Waals surface area (Å²) in [6.45, 7) is 1.99. The summed E-state index contributed by atoms with van der Waals surface area (Å²) >= 11 is 15.5. The average Bonchev–Trinajstić information content (AvgIpc) is 2.62. The molecule has 1 heterocycles. The Hall–Kier alpha value is -0.0400. The maximum atomic E-state index is 13.0. The normalized spacial score (nSPS) is 12.5. The van der Waals surface area contributed by atoms with Crippen molar-refractivity contribution >= 4 is 62.8 Å². The lowest BCUT2D eigenvalue weighted by Gasteiger charge is -2.16. The maximum Gasteiger partial charge on any atom is 0.124 e. The van der Waals surface area contributed by atoms with E-state index >= 15 is 0 Å². The van der Waals surface area contributed by atoms with Crippen LogP contribution in [0.25, 0.3) is 0 Å². The molecule has 0 bridgehead atoms. The molecule has 1 nitrogen and oxygen atoms in total. The number of nitrogens with one attached hydrogen (secondary N) is 1. The van der Waals surface area contributed by atoms with Crippen LogP contribution in [0.3, 0.4) is 0 Å². The van der Waals surface area contributed by atoms with Crippen LogP contribution in [0, 0.1) is 9.39 Å². The van der Waals surface area contributed by atoms with Crippen LogP contribution in [0.15, 0.2) is 24.3 Å². The van der Waals surface area contributed by atoms with Gasteiger partial charge in [0.25, 0.3) is 0 Å². The summed E-state index contributed by atoms with van der Waals surface area (Å²) in [5.74, 6) is -0.241. The van der Waals surface area contributed by atoms with Gasteiger partial charge < -0.3 is 5.32 Å². The Kier molecular flexibility index (Phi) is 4.75. The standard InChI is InChI=1S/C12H9Cl2FINS/c1-6(8-5-11(13)18-12(8)14)17-10-3-2-7(15)4-9(10)16/h2-6,17H,1H3. The molecule has 0 saturated heterocycles. The topological polar surface area (TPSA) is 12.0 Å². The van der Waals surface area contributed by atoms with Crippen LogP contribution in [0.4, 0.5) is 10.1 Å². The lowest BCUT2D eigenvalue weighted by molar-refractivity contribution is 0.627. The van der Waals surface area contributed by atoms with Gasteiger partial charge in [0.15, 0.2) is 0 Å². The number of rotatable bonds is 3. The molecule has 0 aliphatic heterocycles. The first-order valence-electron chi connectivity index (χ1n) is 5.13. The molecule has 1 aromatic heterocycles. The Morgan fingerprint density at radius 1 is 1.33 bits per heavy atom. The number of hydrogen-bond acceptors (Lipinski definition) is 2. The first kappa shape index (κ1) is 14.4. The predicted molar refractivity (Wildman–Crippen MR) is 85.5 cm³/mol. The molecule has 2 aromatic rings. The van der Waals surface area contributed by atoms with Crippen LogP contribution in [0.5, 0.6) is 0 Å². The third kappa shape index (κ3) is 3.29. The summed E-state index contributed by atoms with van der Waals surface area (Å²) in [4.78, 5) is 0. The number of thiophene rings is 1. The average molecular weight is 416 g/mol. The molecule has 0 saturated carbocycles. The van der Waals surface area contributed by atoms with Crippen molar-refractivity contribution in [3.8, 4) is 0 Å². The van der Waals surface area contributed by atoms with Gasteiger partial charge in [-0.25, -0.2) is 4.39 Å². The van der Waals surface area contributed by atoms with Gasteiger partial charge in [-0.15, -0.1) is 11.3 Å². The number of anilines is 1. The van der Waals surface area contributed by atoms with Gasteiger partial charge in [-0.3, -0.25) is 0 Å². The third-order valence-electron chi connectivity index (χ3n) is 2.45. The van der Waals surface area contributed by atoms with Crippen LogP contribution >= 0.6 is 57.1 Å². The highest BCUT2D eigenvalue weighted by atomic mass is 127. The van der Waals surface area contributed by atoms with E-state index in [1.54, 1.807) is 6.07 Å². The fourth-order valence-corrected chi connectivity index (χ4v) is 3.84. The van der Waals surface area contributed by atoms with Crippen LogP contribution in [-0.4, -0.2) is 0 Å². The molecule has 0 aliphatic rings. The molecule has 0 spiro atoms. The van der Waals surface area contributed by atoms with E-state index in [4.69, 9.17) is 23.2 Å². The summed E-state index contributed by atoms with van der Waals surface area (Å²) < 4.78 is 15.2. The van der Waals surface area contributed by atoms with Crippen molar-refractivity contribution in [1.82, 2.24) is 0 Å². The number of benzene rings is 1. The van der Waals surface area contributed by atoms with E-state index in [-0.39, 0.29) is 11.9 Å². The molecule has 2 rings (SSSR count). The summed E-state index contributed by atoms with van der Waals surface area (Å²) in [5, 5.41) is 3.30. The zero-order chi connectivity index (χ0) is 13.3. The molecule has 0 radical (unpaired) electrons. The fourth-order valence-electron chi connectivity index (χ4n) is 1.57. The molecular formula is C12H9Cl2FINS. The van der Waals surface area contributed by atoms with E-state index in [0.29, 0.717) is 8.67 Å². The van der Waals surface area contributed by atoms with Crippen LogP contribution in [0.1, 0.15) is 18.5 Å². The molecule has 6 heteroatoms. The van der Waals surface area contributed by atoms with Gasteiger partial charge in [0, 0.05) is 14.8 Å². The van der Waals surface area contributed by atoms with Gasteiger partial charge in [0.05, 0.1) is 14.7 Å². The summed E-state index contributed by atoms with van der Waals surface area (Å²) in [5.41, 5.74) is 1.83. The monoisotopic (exact) mass is 415 g/mol. The lowest BCUT2D eigenvalue weighted by Crippen LogP contribution is -2.07. The van der Waals surface area contributed by atoms with Crippen molar-refractivity contribution in [1.29, 1.82) is 0 Å². The van der Waals surface area contributed by atoms with E-state index in [1.165, 1.54) is 23.5 Å². The Morgan fingerprint density at radius 2 is 2.06 bits per heavy atom. The summed E-state index contributed by atoms with van der Waals surface area (Å²) in [6, 6.07) is 6.50. The van der Waals surface area contributed by atoms with Crippen molar-refractivity contribution in [3.63, 3.8) is 0 Å². The fraction of sp³-hybridized carbons (Fsp3) is 0.167.